The summed E-state index contributed by atoms with van der Waals surface area (Å²) >= 11 is 5.23. The Bertz CT molecular complexity index is 732. The molecule has 0 aliphatic carbocycles. The van der Waals surface area contributed by atoms with Gasteiger partial charge in [-0.05, 0) is 61.5 Å². The van der Waals surface area contributed by atoms with Crippen LogP contribution in [0.5, 0.6) is 11.5 Å². The van der Waals surface area contributed by atoms with E-state index in [0.29, 0.717) is 24.5 Å². The van der Waals surface area contributed by atoms with Crippen molar-refractivity contribution < 1.29 is 14.3 Å². The average Bonchev–Trinajstić information content (AvgIpc) is 2.66. The molecule has 0 fully saturated rings. The van der Waals surface area contributed by atoms with Crippen molar-refractivity contribution in [2.75, 3.05) is 18.5 Å². The molecule has 2 aromatic rings. The van der Waals surface area contributed by atoms with Crippen molar-refractivity contribution in [3.63, 3.8) is 0 Å². The third-order valence-electron chi connectivity index (χ3n) is 3.41. The summed E-state index contributed by atoms with van der Waals surface area (Å²) in [5, 5.41) is 5.90. The number of hydrogen-bond acceptors (Lipinski definition) is 4. The van der Waals surface area contributed by atoms with E-state index in [4.69, 9.17) is 21.7 Å². The molecule has 2 aromatic carbocycles. The molecule has 0 unspecified atom stereocenters. The Morgan fingerprint density at radius 2 is 1.62 bits per heavy atom. The average molecular weight is 372 g/mol. The molecule has 6 heteroatoms. The largest absolute Gasteiger partial charge is 0.494 e. The fourth-order valence-corrected chi connectivity index (χ4v) is 2.39. The lowest BCUT2D eigenvalue weighted by Crippen LogP contribution is -2.34. The number of nitrogens with one attached hydrogen (secondary N) is 2. The predicted molar refractivity (Wildman–Crippen MR) is 108 cm³/mol. The van der Waals surface area contributed by atoms with Gasteiger partial charge in [-0.15, -0.1) is 0 Å². The predicted octanol–water partition coefficient (Wildman–Crippen LogP) is 4.39. The zero-order valence-corrected chi connectivity index (χ0v) is 15.9. The molecule has 0 saturated carbocycles. The van der Waals surface area contributed by atoms with E-state index in [-0.39, 0.29) is 11.0 Å². The van der Waals surface area contributed by atoms with Crippen molar-refractivity contribution in [3.05, 3.63) is 54.1 Å². The van der Waals surface area contributed by atoms with Crippen LogP contribution in [0.2, 0.25) is 0 Å². The Morgan fingerprint density at radius 3 is 2.31 bits per heavy atom. The van der Waals surface area contributed by atoms with Crippen molar-refractivity contribution in [3.8, 4) is 11.5 Å². The smallest absolute Gasteiger partial charge is 0.261 e. The molecule has 138 valence electrons. The van der Waals surface area contributed by atoms with E-state index in [0.717, 1.165) is 24.3 Å². The van der Waals surface area contributed by atoms with Crippen molar-refractivity contribution in [2.45, 2.75) is 26.7 Å². The van der Waals surface area contributed by atoms with Crippen LogP contribution in [-0.4, -0.2) is 24.2 Å². The number of ether oxygens (including phenoxy) is 2. The Morgan fingerprint density at radius 1 is 0.962 bits per heavy atom. The molecule has 0 atom stereocenters. The number of amides is 1. The number of hydrogen-bond donors (Lipinski definition) is 2. The van der Waals surface area contributed by atoms with Gasteiger partial charge in [-0.2, -0.15) is 0 Å². The second kappa shape index (κ2) is 10.4. The molecular weight excluding hydrogens is 348 g/mol. The summed E-state index contributed by atoms with van der Waals surface area (Å²) in [6.07, 6.45) is 1.83. The standard InChI is InChI=1S/C20H24N2O3S/c1-3-13-24-16-11-9-15(10-12-16)21-20(26)22-19(23)17-7-5-6-8-18(17)25-14-4-2/h5-12H,3-4,13-14H2,1-2H3,(H2,21,22,23,26). The minimum atomic E-state index is -0.308. The molecule has 26 heavy (non-hydrogen) atoms. The Hall–Kier alpha value is -2.60. The second-order valence-corrected chi connectivity index (χ2v) is 6.03. The van der Waals surface area contributed by atoms with Gasteiger partial charge in [0.25, 0.3) is 5.91 Å². The van der Waals surface area contributed by atoms with Gasteiger partial charge < -0.3 is 14.8 Å². The zero-order valence-electron chi connectivity index (χ0n) is 15.1. The molecular formula is C20H24N2O3S. The fraction of sp³-hybridized carbons (Fsp3) is 0.300. The van der Waals surface area contributed by atoms with Crippen LogP contribution in [0.25, 0.3) is 0 Å². The SMILES string of the molecule is CCCOc1ccc(NC(=S)NC(=O)c2ccccc2OCCC)cc1. The van der Waals surface area contributed by atoms with Crippen molar-refractivity contribution >= 4 is 28.9 Å². The molecule has 0 aliphatic heterocycles. The third kappa shape index (κ3) is 6.04. The first kappa shape index (κ1) is 19.7. The summed E-state index contributed by atoms with van der Waals surface area (Å²) in [6.45, 7) is 5.31. The number of rotatable bonds is 8. The maximum Gasteiger partial charge on any atom is 0.261 e. The first-order chi connectivity index (χ1) is 12.6. The number of anilines is 1. The fourth-order valence-electron chi connectivity index (χ4n) is 2.18. The van der Waals surface area contributed by atoms with E-state index in [9.17, 15) is 4.79 Å². The molecule has 1 amide bonds. The Labute approximate surface area is 159 Å². The van der Waals surface area contributed by atoms with Gasteiger partial charge in [0.05, 0.1) is 18.8 Å². The van der Waals surface area contributed by atoms with Crippen LogP contribution < -0.4 is 20.1 Å². The number of carbonyl (C=O) groups is 1. The maximum absolute atomic E-state index is 12.5. The normalized spacial score (nSPS) is 10.1. The van der Waals surface area contributed by atoms with Crippen LogP contribution in [0.15, 0.2) is 48.5 Å². The molecule has 0 saturated heterocycles. The van der Waals surface area contributed by atoms with Crippen molar-refractivity contribution in [1.29, 1.82) is 0 Å². The highest BCUT2D eigenvalue weighted by Gasteiger charge is 2.13. The number of para-hydroxylation sites is 1. The van der Waals surface area contributed by atoms with Crippen LogP contribution in [0.1, 0.15) is 37.0 Å². The van der Waals surface area contributed by atoms with Gasteiger partial charge in [0.2, 0.25) is 0 Å². The molecule has 0 heterocycles. The summed E-state index contributed by atoms with van der Waals surface area (Å²) in [6, 6.07) is 14.5. The minimum Gasteiger partial charge on any atom is -0.494 e. The summed E-state index contributed by atoms with van der Waals surface area (Å²) < 4.78 is 11.2. The highest BCUT2D eigenvalue weighted by molar-refractivity contribution is 7.80. The summed E-state index contributed by atoms with van der Waals surface area (Å²) in [5.41, 5.74) is 1.23. The third-order valence-corrected chi connectivity index (χ3v) is 3.61. The van der Waals surface area contributed by atoms with E-state index in [2.05, 4.69) is 17.6 Å². The number of carbonyl (C=O) groups excluding carboxylic acids is 1. The summed E-state index contributed by atoms with van der Waals surface area (Å²) in [7, 11) is 0. The monoisotopic (exact) mass is 372 g/mol. The highest BCUT2D eigenvalue weighted by atomic mass is 32.1. The lowest BCUT2D eigenvalue weighted by atomic mass is 10.2. The van der Waals surface area contributed by atoms with Gasteiger partial charge in [0.15, 0.2) is 5.11 Å². The summed E-state index contributed by atoms with van der Waals surface area (Å²) in [5.74, 6) is 1.04. The van der Waals surface area contributed by atoms with Gasteiger partial charge >= 0.3 is 0 Å². The Balaban J connectivity index is 1.94. The van der Waals surface area contributed by atoms with Gasteiger partial charge in [0, 0.05) is 5.69 Å². The molecule has 0 bridgehead atoms. The number of thiocarbonyl (C=S) groups is 1. The van der Waals surface area contributed by atoms with Crippen LogP contribution in [-0.2, 0) is 0 Å². The van der Waals surface area contributed by atoms with E-state index in [1.807, 2.05) is 37.3 Å². The molecule has 5 nitrogen and oxygen atoms in total. The lowest BCUT2D eigenvalue weighted by molar-refractivity contribution is 0.0973. The van der Waals surface area contributed by atoms with Crippen LogP contribution >= 0.6 is 12.2 Å². The van der Waals surface area contributed by atoms with Gasteiger partial charge in [0.1, 0.15) is 11.5 Å². The quantitative estimate of drug-likeness (QED) is 0.673. The van der Waals surface area contributed by atoms with E-state index >= 15 is 0 Å². The van der Waals surface area contributed by atoms with Crippen LogP contribution in [0.4, 0.5) is 5.69 Å². The first-order valence-electron chi connectivity index (χ1n) is 8.71. The molecule has 0 aromatic heterocycles. The summed E-state index contributed by atoms with van der Waals surface area (Å²) in [4.78, 5) is 12.5. The molecule has 0 spiro atoms. The van der Waals surface area contributed by atoms with Crippen LogP contribution in [0, 0.1) is 0 Å². The molecule has 2 N–H and O–H groups in total. The Kier molecular flexibility index (Phi) is 7.89. The zero-order chi connectivity index (χ0) is 18.8. The van der Waals surface area contributed by atoms with E-state index < -0.39 is 0 Å². The van der Waals surface area contributed by atoms with Gasteiger partial charge in [-0.1, -0.05) is 26.0 Å². The van der Waals surface area contributed by atoms with Gasteiger partial charge in [-0.25, -0.2) is 0 Å². The second-order valence-electron chi connectivity index (χ2n) is 5.63. The van der Waals surface area contributed by atoms with Crippen LogP contribution in [0.3, 0.4) is 0 Å². The number of benzene rings is 2. The maximum atomic E-state index is 12.5. The molecule has 0 radical (unpaired) electrons. The van der Waals surface area contributed by atoms with E-state index in [1.165, 1.54) is 0 Å². The highest BCUT2D eigenvalue weighted by Crippen LogP contribution is 2.19. The van der Waals surface area contributed by atoms with Crippen molar-refractivity contribution in [2.24, 2.45) is 0 Å². The minimum absolute atomic E-state index is 0.225. The lowest BCUT2D eigenvalue weighted by Gasteiger charge is -2.13. The van der Waals surface area contributed by atoms with Gasteiger partial charge in [-0.3, -0.25) is 10.1 Å². The topological polar surface area (TPSA) is 59.6 Å². The first-order valence-corrected chi connectivity index (χ1v) is 9.12. The van der Waals surface area contributed by atoms with Crippen molar-refractivity contribution in [1.82, 2.24) is 5.32 Å². The molecule has 2 rings (SSSR count). The van der Waals surface area contributed by atoms with E-state index in [1.54, 1.807) is 18.2 Å². The molecule has 0 aliphatic rings.